The highest BCUT2D eigenvalue weighted by atomic mass is 35.5. The van der Waals surface area contributed by atoms with Gasteiger partial charge in [-0.25, -0.2) is 0 Å². The van der Waals surface area contributed by atoms with Gasteiger partial charge < -0.3 is 4.90 Å². The van der Waals surface area contributed by atoms with Gasteiger partial charge in [0.05, 0.1) is 6.04 Å². The first kappa shape index (κ1) is 14.2. The van der Waals surface area contributed by atoms with Crippen LogP contribution in [-0.4, -0.2) is 17.4 Å². The molecule has 1 fully saturated rings. The van der Waals surface area contributed by atoms with Crippen molar-refractivity contribution in [3.8, 4) is 0 Å². The molecule has 0 N–H and O–H groups in total. The molecule has 0 radical (unpaired) electrons. The summed E-state index contributed by atoms with van der Waals surface area (Å²) in [5.41, 5.74) is 2.97. The number of halogens is 1. The van der Waals surface area contributed by atoms with E-state index < -0.39 is 0 Å². The van der Waals surface area contributed by atoms with Crippen molar-refractivity contribution >= 4 is 17.5 Å². The number of hydrogen-bond donors (Lipinski definition) is 0. The largest absolute Gasteiger partial charge is 0.332 e. The summed E-state index contributed by atoms with van der Waals surface area (Å²) in [5.74, 6) is 0.0948. The molecular formula is C18H18ClNO. The Morgan fingerprint density at radius 2 is 1.86 bits per heavy atom. The molecule has 1 aliphatic heterocycles. The Bertz CT molecular complexity index is 651. The van der Waals surface area contributed by atoms with Crippen LogP contribution in [0, 0.1) is 6.92 Å². The molecule has 1 saturated heterocycles. The number of aryl methyl sites for hydroxylation is 1. The van der Waals surface area contributed by atoms with Crippen LogP contribution in [0.5, 0.6) is 0 Å². The number of amides is 1. The minimum atomic E-state index is 0.0903. The molecule has 3 heteroatoms. The lowest BCUT2D eigenvalue weighted by Crippen LogP contribution is -2.30. The molecule has 1 unspecified atom stereocenters. The predicted molar refractivity (Wildman–Crippen MR) is 85.6 cm³/mol. The van der Waals surface area contributed by atoms with Crippen molar-refractivity contribution in [1.29, 1.82) is 0 Å². The molecule has 0 bridgehead atoms. The fourth-order valence-corrected chi connectivity index (χ4v) is 3.20. The van der Waals surface area contributed by atoms with E-state index in [9.17, 15) is 4.79 Å². The third-order valence-electron chi connectivity index (χ3n) is 4.08. The molecule has 0 aliphatic carbocycles. The summed E-state index contributed by atoms with van der Waals surface area (Å²) < 4.78 is 0. The smallest absolute Gasteiger partial charge is 0.254 e. The molecule has 1 heterocycles. The van der Waals surface area contributed by atoms with Gasteiger partial charge in [0.2, 0.25) is 0 Å². The topological polar surface area (TPSA) is 20.3 Å². The van der Waals surface area contributed by atoms with Crippen molar-refractivity contribution in [3.63, 3.8) is 0 Å². The monoisotopic (exact) mass is 299 g/mol. The van der Waals surface area contributed by atoms with E-state index in [4.69, 9.17) is 11.6 Å². The van der Waals surface area contributed by atoms with Gasteiger partial charge in [-0.2, -0.15) is 0 Å². The summed E-state index contributed by atoms with van der Waals surface area (Å²) in [6.45, 7) is 2.82. The minimum absolute atomic E-state index is 0.0903. The van der Waals surface area contributed by atoms with Gasteiger partial charge in [0, 0.05) is 17.1 Å². The molecule has 1 atom stereocenters. The lowest BCUT2D eigenvalue weighted by Gasteiger charge is -2.26. The zero-order valence-corrected chi connectivity index (χ0v) is 12.8. The summed E-state index contributed by atoms with van der Waals surface area (Å²) in [6, 6.07) is 15.7. The number of carbonyl (C=O) groups is 1. The second-order valence-corrected chi connectivity index (χ2v) is 5.95. The van der Waals surface area contributed by atoms with Crippen LogP contribution < -0.4 is 0 Å². The van der Waals surface area contributed by atoms with E-state index in [1.807, 2.05) is 60.4 Å². The van der Waals surface area contributed by atoms with E-state index in [2.05, 4.69) is 0 Å². The lowest BCUT2D eigenvalue weighted by atomic mass is 10.0. The fourth-order valence-electron chi connectivity index (χ4n) is 2.94. The van der Waals surface area contributed by atoms with Crippen LogP contribution in [-0.2, 0) is 0 Å². The maximum absolute atomic E-state index is 12.7. The molecule has 2 nitrogen and oxygen atoms in total. The number of benzene rings is 2. The summed E-state index contributed by atoms with van der Waals surface area (Å²) in [7, 11) is 0. The molecule has 0 saturated carbocycles. The van der Waals surface area contributed by atoms with Gasteiger partial charge in [-0.3, -0.25) is 4.79 Å². The Balaban J connectivity index is 1.89. The van der Waals surface area contributed by atoms with Gasteiger partial charge in [-0.1, -0.05) is 47.5 Å². The number of hydrogen-bond acceptors (Lipinski definition) is 1. The quantitative estimate of drug-likeness (QED) is 0.792. The highest BCUT2D eigenvalue weighted by Gasteiger charge is 2.31. The van der Waals surface area contributed by atoms with Crippen LogP contribution in [0.2, 0.25) is 5.02 Å². The average Bonchev–Trinajstić information content (AvgIpc) is 2.97. The molecule has 1 amide bonds. The van der Waals surface area contributed by atoms with E-state index >= 15 is 0 Å². The Kier molecular flexibility index (Phi) is 3.98. The van der Waals surface area contributed by atoms with Gasteiger partial charge >= 0.3 is 0 Å². The highest BCUT2D eigenvalue weighted by molar-refractivity contribution is 6.31. The van der Waals surface area contributed by atoms with Crippen LogP contribution in [0.4, 0.5) is 0 Å². The standard InChI is InChI=1S/C18H18ClNO/c1-13-8-10-14(11-9-13)18(21)20-12-4-7-17(20)15-5-2-3-6-16(15)19/h2-3,5-6,8-11,17H,4,7,12H2,1H3. The van der Waals surface area contributed by atoms with E-state index in [1.165, 1.54) is 0 Å². The van der Waals surface area contributed by atoms with Crippen molar-refractivity contribution in [2.45, 2.75) is 25.8 Å². The second kappa shape index (κ2) is 5.90. The van der Waals surface area contributed by atoms with E-state index in [1.54, 1.807) is 0 Å². The third-order valence-corrected chi connectivity index (χ3v) is 4.42. The Labute approximate surface area is 130 Å². The van der Waals surface area contributed by atoms with Gasteiger partial charge in [-0.05, 0) is 43.5 Å². The zero-order chi connectivity index (χ0) is 14.8. The summed E-state index contributed by atoms with van der Waals surface area (Å²) in [6.07, 6.45) is 1.99. The van der Waals surface area contributed by atoms with Crippen molar-refractivity contribution in [2.75, 3.05) is 6.54 Å². The predicted octanol–water partition coefficient (Wildman–Crippen LogP) is 4.63. The van der Waals surface area contributed by atoms with Crippen LogP contribution >= 0.6 is 11.6 Å². The van der Waals surface area contributed by atoms with Crippen molar-refractivity contribution in [1.82, 2.24) is 4.90 Å². The molecule has 3 rings (SSSR count). The van der Waals surface area contributed by atoms with E-state index in [-0.39, 0.29) is 11.9 Å². The first-order valence-electron chi connectivity index (χ1n) is 7.29. The molecule has 1 aliphatic rings. The molecule has 2 aromatic rings. The van der Waals surface area contributed by atoms with Crippen LogP contribution in [0.3, 0.4) is 0 Å². The van der Waals surface area contributed by atoms with Crippen molar-refractivity contribution in [2.24, 2.45) is 0 Å². The van der Waals surface area contributed by atoms with Crippen LogP contribution in [0.1, 0.15) is 40.4 Å². The first-order valence-corrected chi connectivity index (χ1v) is 7.66. The maximum Gasteiger partial charge on any atom is 0.254 e. The number of likely N-dealkylation sites (tertiary alicyclic amines) is 1. The second-order valence-electron chi connectivity index (χ2n) is 5.54. The van der Waals surface area contributed by atoms with Gasteiger partial charge in [0.25, 0.3) is 5.91 Å². The van der Waals surface area contributed by atoms with Crippen molar-refractivity contribution < 1.29 is 4.79 Å². The zero-order valence-electron chi connectivity index (χ0n) is 12.1. The van der Waals surface area contributed by atoms with E-state index in [0.717, 1.165) is 41.1 Å². The fraction of sp³-hybridized carbons (Fsp3) is 0.278. The molecule has 0 spiro atoms. The molecule has 0 aromatic heterocycles. The maximum atomic E-state index is 12.7. The van der Waals surface area contributed by atoms with Gasteiger partial charge in [-0.15, -0.1) is 0 Å². The van der Waals surface area contributed by atoms with E-state index in [0.29, 0.717) is 0 Å². The third kappa shape index (κ3) is 2.81. The highest BCUT2D eigenvalue weighted by Crippen LogP contribution is 2.36. The Hall–Kier alpha value is -1.80. The average molecular weight is 300 g/mol. The Morgan fingerprint density at radius 1 is 1.14 bits per heavy atom. The van der Waals surface area contributed by atoms with Gasteiger partial charge in [0.15, 0.2) is 0 Å². The lowest BCUT2D eigenvalue weighted by molar-refractivity contribution is 0.0736. The summed E-state index contributed by atoms with van der Waals surface area (Å²) >= 11 is 6.30. The molecule has 21 heavy (non-hydrogen) atoms. The summed E-state index contributed by atoms with van der Waals surface area (Å²) in [4.78, 5) is 14.7. The number of nitrogens with zero attached hydrogens (tertiary/aromatic N) is 1. The Morgan fingerprint density at radius 3 is 2.57 bits per heavy atom. The van der Waals surface area contributed by atoms with Crippen LogP contribution in [0.15, 0.2) is 48.5 Å². The molecule has 2 aromatic carbocycles. The minimum Gasteiger partial charge on any atom is -0.332 e. The summed E-state index contributed by atoms with van der Waals surface area (Å²) in [5, 5.41) is 0.742. The SMILES string of the molecule is Cc1ccc(C(=O)N2CCCC2c2ccccc2Cl)cc1. The molecule has 108 valence electrons. The molecular weight excluding hydrogens is 282 g/mol. The first-order chi connectivity index (χ1) is 10.2. The number of carbonyl (C=O) groups excluding carboxylic acids is 1. The van der Waals surface area contributed by atoms with Crippen LogP contribution in [0.25, 0.3) is 0 Å². The normalized spacial score (nSPS) is 18.0. The van der Waals surface area contributed by atoms with Gasteiger partial charge in [0.1, 0.15) is 0 Å². The number of rotatable bonds is 2. The van der Waals surface area contributed by atoms with Crippen molar-refractivity contribution in [3.05, 3.63) is 70.2 Å².